The Morgan fingerprint density at radius 2 is 2.45 bits per heavy atom. The summed E-state index contributed by atoms with van der Waals surface area (Å²) in [6.07, 6.45) is 6.73. The third kappa shape index (κ3) is 1.29. The molecule has 0 spiro atoms. The van der Waals surface area contributed by atoms with Gasteiger partial charge in [-0.15, -0.1) is 0 Å². The van der Waals surface area contributed by atoms with Crippen LogP contribution in [0.15, 0.2) is 24.0 Å². The van der Waals surface area contributed by atoms with Gasteiger partial charge in [-0.25, -0.2) is 0 Å². The molecule has 0 saturated carbocycles. The first-order valence-electron chi connectivity index (χ1n) is 3.93. The molecule has 60 valence electrons. The molecule has 2 rings (SSSR count). The van der Waals surface area contributed by atoms with Gasteiger partial charge in [0.15, 0.2) is 0 Å². The molecule has 0 amide bonds. The molecule has 2 aliphatic rings. The fourth-order valence-corrected chi connectivity index (χ4v) is 1.57. The number of hydrogen-bond acceptors (Lipinski definition) is 3. The Morgan fingerprint density at radius 3 is 3.36 bits per heavy atom. The van der Waals surface area contributed by atoms with Gasteiger partial charge in [-0.1, -0.05) is 6.08 Å². The van der Waals surface area contributed by atoms with Gasteiger partial charge in [0, 0.05) is 18.5 Å². The van der Waals surface area contributed by atoms with Gasteiger partial charge in [-0.05, 0) is 18.6 Å². The van der Waals surface area contributed by atoms with Gasteiger partial charge in [0.05, 0.1) is 0 Å². The van der Waals surface area contributed by atoms with Crippen LogP contribution in [0.5, 0.6) is 0 Å². The van der Waals surface area contributed by atoms with E-state index in [9.17, 15) is 5.11 Å². The summed E-state index contributed by atoms with van der Waals surface area (Å²) in [6, 6.07) is 0.361. The van der Waals surface area contributed by atoms with Gasteiger partial charge in [0.2, 0.25) is 0 Å². The lowest BCUT2D eigenvalue weighted by atomic mass is 9.91. The second-order valence-electron chi connectivity index (χ2n) is 3.00. The summed E-state index contributed by atoms with van der Waals surface area (Å²) in [7, 11) is 0. The van der Waals surface area contributed by atoms with Crippen molar-refractivity contribution < 1.29 is 5.11 Å². The number of hydrazine groups is 1. The molecule has 3 N–H and O–H groups in total. The monoisotopic (exact) mass is 152 g/mol. The number of aliphatic hydroxyl groups excluding tert-OH is 1. The topological polar surface area (TPSA) is 44.3 Å². The highest BCUT2D eigenvalue weighted by atomic mass is 16.3. The van der Waals surface area contributed by atoms with Gasteiger partial charge in [0.25, 0.3) is 0 Å². The minimum absolute atomic E-state index is 0.361. The first-order valence-corrected chi connectivity index (χ1v) is 3.93. The second kappa shape index (κ2) is 2.68. The number of allylic oxidation sites excluding steroid dienone is 1. The van der Waals surface area contributed by atoms with Gasteiger partial charge < -0.3 is 5.11 Å². The molecule has 2 atom stereocenters. The molecule has 3 heteroatoms. The zero-order valence-electron chi connectivity index (χ0n) is 6.25. The van der Waals surface area contributed by atoms with Crippen molar-refractivity contribution in [1.29, 1.82) is 0 Å². The minimum Gasteiger partial charge on any atom is -0.508 e. The van der Waals surface area contributed by atoms with Crippen molar-refractivity contribution >= 4 is 0 Å². The van der Waals surface area contributed by atoms with Crippen LogP contribution < -0.4 is 10.9 Å². The highest BCUT2D eigenvalue weighted by Crippen LogP contribution is 2.20. The first kappa shape index (κ1) is 6.88. The molecule has 1 fully saturated rings. The fourth-order valence-electron chi connectivity index (χ4n) is 1.57. The van der Waals surface area contributed by atoms with Crippen LogP contribution in [-0.2, 0) is 0 Å². The summed E-state index contributed by atoms with van der Waals surface area (Å²) in [5.41, 5.74) is 6.24. The van der Waals surface area contributed by atoms with Gasteiger partial charge in [-0.3, -0.25) is 10.9 Å². The van der Waals surface area contributed by atoms with Crippen LogP contribution in [-0.4, -0.2) is 17.7 Å². The average Bonchev–Trinajstić information content (AvgIpc) is 2.04. The van der Waals surface area contributed by atoms with E-state index in [4.69, 9.17) is 0 Å². The van der Waals surface area contributed by atoms with Crippen LogP contribution >= 0.6 is 0 Å². The number of hydrogen-bond donors (Lipinski definition) is 3. The van der Waals surface area contributed by atoms with Crippen molar-refractivity contribution in [2.24, 2.45) is 5.92 Å². The van der Waals surface area contributed by atoms with Crippen LogP contribution in [0.4, 0.5) is 0 Å². The molecule has 0 aromatic carbocycles. The van der Waals surface area contributed by atoms with Crippen molar-refractivity contribution in [1.82, 2.24) is 10.9 Å². The van der Waals surface area contributed by atoms with E-state index in [2.05, 4.69) is 10.9 Å². The van der Waals surface area contributed by atoms with Crippen molar-refractivity contribution in [2.45, 2.75) is 12.5 Å². The predicted octanol–water partition coefficient (Wildman–Crippen LogP) is 0.481. The number of rotatable bonds is 0. The Balaban J connectivity index is 2.13. The fraction of sp³-hybridized carbons (Fsp3) is 0.500. The summed E-state index contributed by atoms with van der Waals surface area (Å²) >= 11 is 0. The molecular weight excluding hydrogens is 140 g/mol. The van der Waals surface area contributed by atoms with E-state index in [1.54, 1.807) is 6.08 Å². The summed E-state index contributed by atoms with van der Waals surface area (Å²) in [6.45, 7) is 0.971. The Morgan fingerprint density at radius 1 is 1.55 bits per heavy atom. The average molecular weight is 152 g/mol. The minimum atomic E-state index is 0.361. The second-order valence-corrected chi connectivity index (χ2v) is 3.00. The molecule has 11 heavy (non-hydrogen) atoms. The highest BCUT2D eigenvalue weighted by molar-refractivity contribution is 5.22. The standard InChI is InChI=1S/C8H12N2O/c11-7-1-2-8-6(5-7)3-4-9-10-8/h1-2,5-6,8-11H,3-4H2. The lowest BCUT2D eigenvalue weighted by Crippen LogP contribution is -2.50. The first-order chi connectivity index (χ1) is 5.36. The Labute approximate surface area is 65.8 Å². The molecule has 0 aromatic heterocycles. The number of fused-ring (bicyclic) bond motifs is 1. The van der Waals surface area contributed by atoms with Gasteiger partial charge in [0.1, 0.15) is 5.76 Å². The van der Waals surface area contributed by atoms with Crippen molar-refractivity contribution in [3.63, 3.8) is 0 Å². The third-order valence-electron chi connectivity index (χ3n) is 2.19. The van der Waals surface area contributed by atoms with E-state index in [1.165, 1.54) is 0 Å². The van der Waals surface area contributed by atoms with Gasteiger partial charge >= 0.3 is 0 Å². The molecule has 0 radical (unpaired) electrons. The molecule has 1 heterocycles. The van der Waals surface area contributed by atoms with Crippen LogP contribution in [0.2, 0.25) is 0 Å². The normalized spacial score (nSPS) is 36.2. The molecule has 1 aliphatic carbocycles. The molecular formula is C8H12N2O. The summed E-state index contributed by atoms with van der Waals surface area (Å²) in [4.78, 5) is 0. The maximum Gasteiger partial charge on any atom is 0.111 e. The maximum absolute atomic E-state index is 9.17. The Kier molecular flexibility index (Phi) is 1.68. The third-order valence-corrected chi connectivity index (χ3v) is 2.19. The molecule has 0 aromatic rings. The van der Waals surface area contributed by atoms with Crippen LogP contribution in [0, 0.1) is 5.92 Å². The van der Waals surface area contributed by atoms with Crippen molar-refractivity contribution in [2.75, 3.05) is 6.54 Å². The van der Waals surface area contributed by atoms with E-state index >= 15 is 0 Å². The highest BCUT2D eigenvalue weighted by Gasteiger charge is 2.23. The number of nitrogens with one attached hydrogen (secondary N) is 2. The Hall–Kier alpha value is -0.800. The smallest absolute Gasteiger partial charge is 0.111 e. The van der Waals surface area contributed by atoms with Crippen LogP contribution in [0.1, 0.15) is 6.42 Å². The number of aliphatic hydroxyl groups is 1. The van der Waals surface area contributed by atoms with E-state index in [1.807, 2.05) is 12.2 Å². The van der Waals surface area contributed by atoms with Crippen molar-refractivity contribution in [3.05, 3.63) is 24.0 Å². The van der Waals surface area contributed by atoms with Crippen LogP contribution in [0.3, 0.4) is 0 Å². The van der Waals surface area contributed by atoms with E-state index in [-0.39, 0.29) is 0 Å². The zero-order valence-corrected chi connectivity index (χ0v) is 6.25. The lowest BCUT2D eigenvalue weighted by molar-refractivity contribution is 0.308. The maximum atomic E-state index is 9.17. The van der Waals surface area contributed by atoms with E-state index in [0.717, 1.165) is 13.0 Å². The van der Waals surface area contributed by atoms with E-state index < -0.39 is 0 Å². The summed E-state index contributed by atoms with van der Waals surface area (Å²) in [5.74, 6) is 0.858. The van der Waals surface area contributed by atoms with Crippen LogP contribution in [0.25, 0.3) is 0 Å². The van der Waals surface area contributed by atoms with E-state index in [0.29, 0.717) is 17.7 Å². The molecule has 3 nitrogen and oxygen atoms in total. The quantitative estimate of drug-likeness (QED) is 0.473. The Bertz CT molecular complexity index is 210. The molecule has 1 saturated heterocycles. The predicted molar refractivity (Wildman–Crippen MR) is 42.9 cm³/mol. The van der Waals surface area contributed by atoms with Crippen molar-refractivity contribution in [3.8, 4) is 0 Å². The largest absolute Gasteiger partial charge is 0.508 e. The SMILES string of the molecule is OC1=CC2CCNNC2C=C1. The molecule has 2 unspecified atom stereocenters. The zero-order chi connectivity index (χ0) is 7.68. The van der Waals surface area contributed by atoms with Gasteiger partial charge in [-0.2, -0.15) is 0 Å². The molecule has 0 bridgehead atoms. The summed E-state index contributed by atoms with van der Waals surface area (Å²) in [5, 5.41) is 9.17. The lowest BCUT2D eigenvalue weighted by Gasteiger charge is -2.30. The summed E-state index contributed by atoms with van der Waals surface area (Å²) < 4.78 is 0. The molecule has 1 aliphatic heterocycles.